The third kappa shape index (κ3) is 3.84. The van der Waals surface area contributed by atoms with E-state index in [0.29, 0.717) is 0 Å². The summed E-state index contributed by atoms with van der Waals surface area (Å²) in [5.41, 5.74) is 3.94. The van der Waals surface area contributed by atoms with Crippen LogP contribution in [0, 0.1) is 0 Å². The zero-order valence-corrected chi connectivity index (χ0v) is 18.3. The Kier molecular flexibility index (Phi) is 6.28. The van der Waals surface area contributed by atoms with Gasteiger partial charge in [-0.2, -0.15) is 0 Å². The van der Waals surface area contributed by atoms with Crippen molar-refractivity contribution in [3.63, 3.8) is 0 Å². The third-order valence-corrected chi connectivity index (χ3v) is 8.32. The quantitative estimate of drug-likeness (QED) is 0.408. The highest BCUT2D eigenvalue weighted by atomic mass is 127. The van der Waals surface area contributed by atoms with Crippen LogP contribution in [0.5, 0.6) is 0 Å². The van der Waals surface area contributed by atoms with Crippen LogP contribution < -0.4 is 29.7 Å². The average Bonchev–Trinajstić information content (AvgIpc) is 3.31. The molecule has 6 heteroatoms. The smallest absolute Gasteiger partial charge is 0.0788 e. The number of hydrogen-bond donors (Lipinski definition) is 1. The molecule has 4 heterocycles. The molecule has 0 aromatic carbocycles. The van der Waals surface area contributed by atoms with E-state index in [-0.39, 0.29) is 24.0 Å². The second-order valence-corrected chi connectivity index (χ2v) is 9.46. The maximum Gasteiger partial charge on any atom is 0.0788 e. The van der Waals surface area contributed by atoms with Gasteiger partial charge in [0.2, 0.25) is 0 Å². The fourth-order valence-corrected chi connectivity index (χ4v) is 6.52. The molecule has 0 saturated carbocycles. The van der Waals surface area contributed by atoms with Gasteiger partial charge in [-0.3, -0.25) is 0 Å². The van der Waals surface area contributed by atoms with E-state index in [1.807, 2.05) is 34.0 Å². The lowest BCUT2D eigenvalue weighted by Crippen LogP contribution is -3.00. The lowest BCUT2D eigenvalue weighted by atomic mass is 10.3. The van der Waals surface area contributed by atoms with Gasteiger partial charge < -0.3 is 29.7 Å². The van der Waals surface area contributed by atoms with Crippen LogP contribution in [0.3, 0.4) is 0 Å². The summed E-state index contributed by atoms with van der Waals surface area (Å²) in [4.78, 5) is 9.61. The summed E-state index contributed by atoms with van der Waals surface area (Å²) < 4.78 is 0. The molecule has 1 nitrogen and oxygen atoms in total. The fraction of sp³-hybridized carbons (Fsp3) is 0.111. The van der Waals surface area contributed by atoms with Crippen LogP contribution in [0.15, 0.2) is 53.9 Å². The Bertz CT molecular complexity index is 901. The minimum atomic E-state index is 0. The van der Waals surface area contributed by atoms with Crippen molar-refractivity contribution in [2.75, 3.05) is 6.54 Å². The Balaban J connectivity index is 0.00000169. The summed E-state index contributed by atoms with van der Waals surface area (Å²) in [6.45, 7) is 0.969. The Morgan fingerprint density at radius 1 is 0.667 bits per heavy atom. The fourth-order valence-electron chi connectivity index (χ4n) is 2.44. The molecule has 124 valence electrons. The molecule has 0 atom stereocenters. The molecule has 0 spiro atoms. The second-order valence-electron chi connectivity index (χ2n) is 5.17. The largest absolute Gasteiger partial charge is 1.00 e. The summed E-state index contributed by atoms with van der Waals surface area (Å²) >= 11 is 7.47. The van der Waals surface area contributed by atoms with Gasteiger partial charge in [0.15, 0.2) is 0 Å². The van der Waals surface area contributed by atoms with E-state index < -0.39 is 0 Å². The van der Waals surface area contributed by atoms with Crippen molar-refractivity contribution in [3.05, 3.63) is 58.8 Å². The van der Waals surface area contributed by atoms with Crippen LogP contribution in [-0.2, 0) is 6.42 Å². The van der Waals surface area contributed by atoms with Gasteiger partial charge in [-0.05, 0) is 47.8 Å². The van der Waals surface area contributed by atoms with Crippen molar-refractivity contribution < 1.29 is 29.7 Å². The predicted octanol–water partition coefficient (Wildman–Crippen LogP) is 2.72. The summed E-state index contributed by atoms with van der Waals surface area (Å²) in [5.74, 6) is 0. The van der Waals surface area contributed by atoms with E-state index in [4.69, 9.17) is 0 Å². The average molecular weight is 502 g/mol. The van der Waals surface area contributed by atoms with Crippen molar-refractivity contribution in [1.29, 1.82) is 0 Å². The van der Waals surface area contributed by atoms with E-state index >= 15 is 0 Å². The number of rotatable bonds is 5. The minimum absolute atomic E-state index is 0. The molecule has 24 heavy (non-hydrogen) atoms. The summed E-state index contributed by atoms with van der Waals surface area (Å²) in [7, 11) is 0. The molecule has 0 aliphatic rings. The van der Waals surface area contributed by atoms with Gasteiger partial charge in [0.05, 0.1) is 6.54 Å². The van der Waals surface area contributed by atoms with Crippen molar-refractivity contribution in [2.24, 2.45) is 0 Å². The second kappa shape index (κ2) is 8.25. The van der Waals surface area contributed by atoms with Gasteiger partial charge in [-0.25, -0.2) is 0 Å². The molecule has 4 aromatic rings. The summed E-state index contributed by atoms with van der Waals surface area (Å²) in [6, 6.07) is 17.8. The number of halogens is 1. The molecule has 0 fully saturated rings. The highest BCUT2D eigenvalue weighted by Crippen LogP contribution is 2.42. The van der Waals surface area contributed by atoms with Crippen LogP contribution in [0.25, 0.3) is 29.3 Å². The standard InChI is InChI=1S/C18H15NS4.HI/c19-10-9-12-3-4-15(21-12)16-7-8-18(23-16)17-6-5-14(22-17)13-2-1-11-20-13;/h1-8,11H,9-10,19H2;1H. The molecule has 3 N–H and O–H groups in total. The van der Waals surface area contributed by atoms with Crippen LogP contribution in [-0.4, -0.2) is 6.54 Å². The molecular formula is C18H16INS4. The maximum atomic E-state index is 3.94. The van der Waals surface area contributed by atoms with Gasteiger partial charge in [0.1, 0.15) is 0 Å². The Morgan fingerprint density at radius 3 is 1.75 bits per heavy atom. The molecule has 4 rings (SSSR count). The van der Waals surface area contributed by atoms with E-state index in [9.17, 15) is 0 Å². The van der Waals surface area contributed by atoms with E-state index in [1.54, 1.807) is 11.3 Å². The van der Waals surface area contributed by atoms with Crippen LogP contribution in [0.4, 0.5) is 0 Å². The van der Waals surface area contributed by atoms with Crippen molar-refractivity contribution in [3.8, 4) is 29.3 Å². The van der Waals surface area contributed by atoms with Gasteiger partial charge in [0, 0.05) is 40.6 Å². The highest BCUT2D eigenvalue weighted by molar-refractivity contribution is 7.28. The van der Waals surface area contributed by atoms with Crippen molar-refractivity contribution >= 4 is 45.3 Å². The predicted molar refractivity (Wildman–Crippen MR) is 106 cm³/mol. The van der Waals surface area contributed by atoms with Crippen LogP contribution >= 0.6 is 45.3 Å². The van der Waals surface area contributed by atoms with Crippen molar-refractivity contribution in [2.45, 2.75) is 6.42 Å². The molecule has 0 amide bonds. The van der Waals surface area contributed by atoms with Crippen molar-refractivity contribution in [1.82, 2.24) is 0 Å². The van der Waals surface area contributed by atoms with Gasteiger partial charge in [0.25, 0.3) is 0 Å². The minimum Gasteiger partial charge on any atom is -1.00 e. The Morgan fingerprint density at radius 2 is 1.21 bits per heavy atom. The molecular weight excluding hydrogens is 485 g/mol. The molecule has 0 radical (unpaired) electrons. The van der Waals surface area contributed by atoms with Crippen LogP contribution in [0.1, 0.15) is 4.88 Å². The zero-order chi connectivity index (χ0) is 15.6. The summed E-state index contributed by atoms with van der Waals surface area (Å²) in [5, 5.41) is 2.14. The van der Waals surface area contributed by atoms with Gasteiger partial charge in [-0.15, -0.1) is 45.3 Å². The van der Waals surface area contributed by atoms with E-state index in [0.717, 1.165) is 13.0 Å². The monoisotopic (exact) mass is 501 g/mol. The van der Waals surface area contributed by atoms with Gasteiger partial charge >= 0.3 is 0 Å². The maximum absolute atomic E-state index is 3.94. The lowest BCUT2D eigenvalue weighted by Gasteiger charge is -1.92. The molecule has 0 aliphatic carbocycles. The first-order chi connectivity index (χ1) is 11.3. The van der Waals surface area contributed by atoms with E-state index in [1.165, 1.54) is 34.1 Å². The number of quaternary nitrogens is 1. The first-order valence-electron chi connectivity index (χ1n) is 7.46. The molecule has 0 unspecified atom stereocenters. The van der Waals surface area contributed by atoms with E-state index in [2.05, 4.69) is 59.6 Å². The SMILES string of the molecule is [I-].[NH3+]CCc1ccc(-c2ccc(-c3ccc(-c4cccs4)s3)s2)s1. The molecule has 0 aliphatic heterocycles. The van der Waals surface area contributed by atoms with Gasteiger partial charge in [-0.1, -0.05) is 6.07 Å². The normalized spacial score (nSPS) is 10.7. The third-order valence-electron chi connectivity index (χ3n) is 3.55. The molecule has 4 aromatic heterocycles. The molecule has 0 saturated heterocycles. The summed E-state index contributed by atoms with van der Waals surface area (Å²) in [6.07, 6.45) is 1.08. The first kappa shape index (κ1) is 18.3. The Hall–Kier alpha value is -0.510. The first-order valence-corrected chi connectivity index (χ1v) is 10.8. The zero-order valence-electron chi connectivity index (χ0n) is 12.8. The van der Waals surface area contributed by atoms with Crippen LogP contribution in [0.2, 0.25) is 0 Å². The lowest BCUT2D eigenvalue weighted by molar-refractivity contribution is -0.366. The molecule has 0 bridgehead atoms. The number of hydrogen-bond acceptors (Lipinski definition) is 4. The Labute approximate surface area is 174 Å². The highest BCUT2D eigenvalue weighted by Gasteiger charge is 2.10. The number of thiophene rings is 4. The topological polar surface area (TPSA) is 27.6 Å².